The lowest BCUT2D eigenvalue weighted by Crippen LogP contribution is -2.42. The van der Waals surface area contributed by atoms with Gasteiger partial charge in [0.1, 0.15) is 11.6 Å². The van der Waals surface area contributed by atoms with Gasteiger partial charge in [-0.1, -0.05) is 44.2 Å². The van der Waals surface area contributed by atoms with Crippen molar-refractivity contribution in [2.45, 2.75) is 48.5 Å². The molecule has 0 amide bonds. The zero-order valence-corrected chi connectivity index (χ0v) is 24.2. The molecule has 8 heteroatoms. The average Bonchev–Trinajstić information content (AvgIpc) is 2.90. The average molecular weight is 557 g/mol. The Morgan fingerprint density at radius 3 is 1.97 bits per heavy atom. The zero-order chi connectivity index (χ0) is 25.4. The van der Waals surface area contributed by atoms with Crippen LogP contribution in [0.1, 0.15) is 44.2 Å². The molecule has 36 heavy (non-hydrogen) atoms. The van der Waals surface area contributed by atoms with E-state index in [0.717, 1.165) is 61.7 Å². The minimum absolute atomic E-state index is 0. The van der Waals surface area contributed by atoms with Crippen molar-refractivity contribution < 1.29 is 13.9 Å². The first kappa shape index (κ1) is 31.1. The van der Waals surface area contributed by atoms with E-state index in [-0.39, 0.29) is 24.0 Å². The molecule has 2 aliphatic rings. The highest BCUT2D eigenvalue weighted by Crippen LogP contribution is 2.36. The Hall–Kier alpha value is -1.09. The molecule has 0 bridgehead atoms. The molecule has 2 aliphatic heterocycles. The monoisotopic (exact) mass is 556 g/mol. The maximum absolute atomic E-state index is 14.3. The molecule has 0 spiro atoms. The van der Waals surface area contributed by atoms with Crippen molar-refractivity contribution in [2.75, 3.05) is 51.8 Å². The number of thioether (sulfide) groups is 2. The Balaban J connectivity index is 0.000000247. The summed E-state index contributed by atoms with van der Waals surface area (Å²) in [5.41, 5.74) is 1.41. The van der Waals surface area contributed by atoms with Gasteiger partial charge < -0.3 is 10.0 Å². The lowest BCUT2D eigenvalue weighted by molar-refractivity contribution is -0.0276. The number of piperidine rings is 1. The molecular formula is C28H39ClF2N2OS2. The SMILES string of the molecule is CCN1CC=C(c2cccc(SC)c2F)CC1.CCN1CCC(O)(c2cccc(SC)c2F)CC1.Cl. The smallest absolute Gasteiger partial charge is 0.144 e. The van der Waals surface area contributed by atoms with Crippen LogP contribution >= 0.6 is 35.9 Å². The van der Waals surface area contributed by atoms with Crippen molar-refractivity contribution in [3.05, 3.63) is 65.2 Å². The largest absolute Gasteiger partial charge is 0.385 e. The Morgan fingerprint density at radius 1 is 0.861 bits per heavy atom. The first-order chi connectivity index (χ1) is 16.9. The van der Waals surface area contributed by atoms with Crippen LogP contribution < -0.4 is 0 Å². The van der Waals surface area contributed by atoms with Crippen LogP contribution in [0, 0.1) is 11.6 Å². The minimum atomic E-state index is -0.999. The highest BCUT2D eigenvalue weighted by atomic mass is 35.5. The second-order valence-electron chi connectivity index (χ2n) is 8.98. The lowest BCUT2D eigenvalue weighted by atomic mass is 9.84. The van der Waals surface area contributed by atoms with Gasteiger partial charge in [0, 0.05) is 47.1 Å². The van der Waals surface area contributed by atoms with Gasteiger partial charge in [0.15, 0.2) is 0 Å². The van der Waals surface area contributed by atoms with Gasteiger partial charge >= 0.3 is 0 Å². The highest BCUT2D eigenvalue weighted by molar-refractivity contribution is 7.98. The molecule has 0 aliphatic carbocycles. The molecule has 200 valence electrons. The normalized spacial score (nSPS) is 18.0. The van der Waals surface area contributed by atoms with Crippen molar-refractivity contribution in [3.8, 4) is 0 Å². The summed E-state index contributed by atoms with van der Waals surface area (Å²) in [7, 11) is 0. The second-order valence-corrected chi connectivity index (χ2v) is 10.7. The van der Waals surface area contributed by atoms with E-state index in [4.69, 9.17) is 0 Å². The summed E-state index contributed by atoms with van der Waals surface area (Å²) < 4.78 is 28.4. The van der Waals surface area contributed by atoms with E-state index in [1.54, 1.807) is 12.1 Å². The summed E-state index contributed by atoms with van der Waals surface area (Å²) in [4.78, 5) is 5.99. The molecule has 2 aromatic rings. The zero-order valence-electron chi connectivity index (χ0n) is 21.7. The molecule has 4 rings (SSSR count). The standard InChI is InChI=1S/C14H20FNOS.C14H18FNS.ClH/c1-3-16-9-7-14(17,8-10-16)11-5-4-6-12(18-2)13(11)15;1-3-16-9-7-11(8-10-16)12-5-4-6-13(17-2)14(12)15;/h4-6,17H,3,7-10H2,1-2H3;4-7H,3,8-10H2,1-2H3;1H. The number of benzene rings is 2. The van der Waals surface area contributed by atoms with E-state index in [1.165, 1.54) is 23.5 Å². The Labute approximate surface area is 230 Å². The van der Waals surface area contributed by atoms with Crippen LogP contribution in [0.25, 0.3) is 5.57 Å². The van der Waals surface area contributed by atoms with E-state index in [2.05, 4.69) is 29.7 Å². The summed E-state index contributed by atoms with van der Waals surface area (Å²) in [6, 6.07) is 11.0. The molecule has 1 fully saturated rings. The molecule has 0 aromatic heterocycles. The van der Waals surface area contributed by atoms with Crippen LogP contribution in [0.3, 0.4) is 0 Å². The van der Waals surface area contributed by atoms with Crippen molar-refractivity contribution in [2.24, 2.45) is 0 Å². The fourth-order valence-corrected chi connectivity index (χ4v) is 5.70. The number of rotatable bonds is 6. The van der Waals surface area contributed by atoms with E-state index >= 15 is 0 Å². The Kier molecular flexibility index (Phi) is 12.7. The van der Waals surface area contributed by atoms with Crippen LogP contribution in [0.2, 0.25) is 0 Å². The molecule has 0 unspecified atom stereocenters. The van der Waals surface area contributed by atoms with Gasteiger partial charge in [-0.25, -0.2) is 8.78 Å². The van der Waals surface area contributed by atoms with E-state index < -0.39 is 5.60 Å². The molecule has 1 N–H and O–H groups in total. The first-order valence-corrected chi connectivity index (χ1v) is 14.8. The fourth-order valence-electron chi connectivity index (χ4n) is 4.70. The number of likely N-dealkylation sites (N-methyl/N-ethyl adjacent to an activating group) is 1. The number of halogens is 3. The van der Waals surface area contributed by atoms with Crippen LogP contribution in [0.15, 0.2) is 52.3 Å². The number of aliphatic hydroxyl groups is 1. The maximum Gasteiger partial charge on any atom is 0.144 e. The van der Waals surface area contributed by atoms with Crippen molar-refractivity contribution in [1.82, 2.24) is 9.80 Å². The number of likely N-dealkylation sites (tertiary alicyclic amines) is 1. The van der Waals surface area contributed by atoms with Crippen LogP contribution in [-0.2, 0) is 5.60 Å². The van der Waals surface area contributed by atoms with Crippen molar-refractivity contribution in [1.29, 1.82) is 0 Å². The third-order valence-corrected chi connectivity index (χ3v) is 8.59. The van der Waals surface area contributed by atoms with Crippen molar-refractivity contribution in [3.63, 3.8) is 0 Å². The molecule has 3 nitrogen and oxygen atoms in total. The number of hydrogen-bond donors (Lipinski definition) is 1. The van der Waals surface area contributed by atoms with Gasteiger partial charge in [0.2, 0.25) is 0 Å². The Morgan fingerprint density at radius 2 is 1.44 bits per heavy atom. The van der Waals surface area contributed by atoms with Gasteiger partial charge in [-0.3, -0.25) is 4.90 Å². The summed E-state index contributed by atoms with van der Waals surface area (Å²) >= 11 is 2.85. The number of nitrogens with zero attached hydrogens (tertiary/aromatic N) is 2. The van der Waals surface area contributed by atoms with Gasteiger partial charge in [-0.05, 0) is 62.6 Å². The Bertz CT molecular complexity index is 1010. The first-order valence-electron chi connectivity index (χ1n) is 12.4. The molecular weight excluding hydrogens is 518 g/mol. The third kappa shape index (κ3) is 7.49. The summed E-state index contributed by atoms with van der Waals surface area (Å²) in [5, 5.41) is 10.7. The third-order valence-electron chi connectivity index (χ3n) is 7.08. The summed E-state index contributed by atoms with van der Waals surface area (Å²) in [5.74, 6) is -0.311. The van der Waals surface area contributed by atoms with Gasteiger partial charge in [-0.2, -0.15) is 0 Å². The number of hydrogen-bond acceptors (Lipinski definition) is 5. The quantitative estimate of drug-likeness (QED) is 0.389. The van der Waals surface area contributed by atoms with Crippen LogP contribution in [-0.4, -0.2) is 66.7 Å². The van der Waals surface area contributed by atoms with Gasteiger partial charge in [0.25, 0.3) is 0 Å². The van der Waals surface area contributed by atoms with E-state index in [9.17, 15) is 13.9 Å². The summed E-state index contributed by atoms with van der Waals surface area (Å²) in [6.45, 7) is 9.96. The molecule has 0 saturated carbocycles. The lowest BCUT2D eigenvalue weighted by Gasteiger charge is -2.38. The van der Waals surface area contributed by atoms with Crippen LogP contribution in [0.5, 0.6) is 0 Å². The van der Waals surface area contributed by atoms with Crippen LogP contribution in [0.4, 0.5) is 8.78 Å². The fraction of sp³-hybridized carbons (Fsp3) is 0.500. The molecule has 2 aromatic carbocycles. The summed E-state index contributed by atoms with van der Waals surface area (Å²) in [6.07, 6.45) is 8.09. The van der Waals surface area contributed by atoms with E-state index in [1.807, 2.05) is 36.8 Å². The van der Waals surface area contributed by atoms with Gasteiger partial charge in [-0.15, -0.1) is 35.9 Å². The van der Waals surface area contributed by atoms with Crippen molar-refractivity contribution >= 4 is 41.5 Å². The van der Waals surface area contributed by atoms with E-state index in [0.29, 0.717) is 23.3 Å². The molecule has 2 heterocycles. The second kappa shape index (κ2) is 14.7. The van der Waals surface area contributed by atoms with Gasteiger partial charge in [0.05, 0.1) is 5.60 Å². The molecule has 0 radical (unpaired) electrons. The topological polar surface area (TPSA) is 26.7 Å². The predicted octanol–water partition coefficient (Wildman–Crippen LogP) is 6.93. The minimum Gasteiger partial charge on any atom is -0.385 e. The maximum atomic E-state index is 14.3. The highest BCUT2D eigenvalue weighted by Gasteiger charge is 2.36. The predicted molar refractivity (Wildman–Crippen MR) is 154 cm³/mol. The molecule has 1 saturated heterocycles. The molecule has 0 atom stereocenters.